The monoisotopic (exact) mass is 238 g/mol. The van der Waals surface area contributed by atoms with Gasteiger partial charge in [0.25, 0.3) is 0 Å². The highest BCUT2D eigenvalue weighted by atomic mass is 16.3. The van der Waals surface area contributed by atoms with E-state index in [1.54, 1.807) is 0 Å². The first-order chi connectivity index (χ1) is 7.95. The Morgan fingerprint density at radius 3 is 2.24 bits per heavy atom. The zero-order valence-corrected chi connectivity index (χ0v) is 12.0. The molecular weight excluding hydrogens is 208 g/mol. The van der Waals surface area contributed by atoms with Gasteiger partial charge in [-0.3, -0.25) is 0 Å². The molecule has 1 unspecified atom stereocenters. The van der Waals surface area contributed by atoms with Crippen LogP contribution in [0.4, 0.5) is 0 Å². The molecule has 2 rings (SSSR count). The first kappa shape index (κ1) is 13.4. The molecule has 0 bridgehead atoms. The van der Waals surface area contributed by atoms with E-state index >= 15 is 0 Å². The lowest BCUT2D eigenvalue weighted by molar-refractivity contribution is -0.0958. The molecule has 0 heterocycles. The van der Waals surface area contributed by atoms with Crippen molar-refractivity contribution in [1.82, 2.24) is 0 Å². The summed E-state index contributed by atoms with van der Waals surface area (Å²) < 4.78 is 0. The van der Waals surface area contributed by atoms with E-state index in [0.717, 1.165) is 18.8 Å². The van der Waals surface area contributed by atoms with Gasteiger partial charge in [0, 0.05) is 0 Å². The van der Waals surface area contributed by atoms with Crippen LogP contribution in [0.5, 0.6) is 0 Å². The SMILES string of the molecule is CCC1CCC(C2(O)CCCC(C)(C)C2)CC1. The molecule has 0 radical (unpaired) electrons. The quantitative estimate of drug-likeness (QED) is 0.749. The maximum atomic E-state index is 11.0. The van der Waals surface area contributed by atoms with Crippen LogP contribution in [0.25, 0.3) is 0 Å². The van der Waals surface area contributed by atoms with Crippen molar-refractivity contribution < 1.29 is 5.11 Å². The van der Waals surface area contributed by atoms with Crippen molar-refractivity contribution in [2.24, 2.45) is 17.3 Å². The first-order valence-electron chi connectivity index (χ1n) is 7.67. The van der Waals surface area contributed by atoms with Crippen molar-refractivity contribution >= 4 is 0 Å². The van der Waals surface area contributed by atoms with E-state index in [0.29, 0.717) is 11.3 Å². The van der Waals surface area contributed by atoms with Gasteiger partial charge in [-0.05, 0) is 49.4 Å². The molecule has 100 valence electrons. The van der Waals surface area contributed by atoms with Crippen LogP contribution in [0, 0.1) is 17.3 Å². The molecule has 2 saturated carbocycles. The summed E-state index contributed by atoms with van der Waals surface area (Å²) >= 11 is 0. The average molecular weight is 238 g/mol. The summed E-state index contributed by atoms with van der Waals surface area (Å²) in [4.78, 5) is 0. The van der Waals surface area contributed by atoms with Crippen molar-refractivity contribution in [3.63, 3.8) is 0 Å². The molecule has 1 heteroatoms. The van der Waals surface area contributed by atoms with E-state index in [9.17, 15) is 5.11 Å². The maximum absolute atomic E-state index is 11.0. The molecule has 1 atom stereocenters. The van der Waals surface area contributed by atoms with Crippen LogP contribution in [0.15, 0.2) is 0 Å². The number of rotatable bonds is 2. The standard InChI is InChI=1S/C16H30O/c1-4-13-6-8-14(9-7-13)16(17)11-5-10-15(2,3)12-16/h13-14,17H,4-12H2,1-3H3. The second kappa shape index (κ2) is 4.91. The van der Waals surface area contributed by atoms with Gasteiger partial charge < -0.3 is 5.11 Å². The average Bonchev–Trinajstić information content (AvgIpc) is 2.27. The Kier molecular flexibility index (Phi) is 3.87. The van der Waals surface area contributed by atoms with E-state index in [2.05, 4.69) is 20.8 Å². The van der Waals surface area contributed by atoms with Crippen molar-refractivity contribution in [3.8, 4) is 0 Å². The Hall–Kier alpha value is -0.0400. The summed E-state index contributed by atoms with van der Waals surface area (Å²) in [5, 5.41) is 11.0. The van der Waals surface area contributed by atoms with Crippen LogP contribution in [0.3, 0.4) is 0 Å². The van der Waals surface area contributed by atoms with Gasteiger partial charge in [-0.2, -0.15) is 0 Å². The number of hydrogen-bond acceptors (Lipinski definition) is 1. The zero-order valence-electron chi connectivity index (χ0n) is 12.0. The van der Waals surface area contributed by atoms with Crippen molar-refractivity contribution in [3.05, 3.63) is 0 Å². The van der Waals surface area contributed by atoms with Crippen molar-refractivity contribution in [2.75, 3.05) is 0 Å². The minimum atomic E-state index is -0.333. The summed E-state index contributed by atoms with van der Waals surface area (Å²) in [6, 6.07) is 0. The van der Waals surface area contributed by atoms with E-state index in [-0.39, 0.29) is 5.60 Å². The van der Waals surface area contributed by atoms with Gasteiger partial charge in [-0.1, -0.05) is 46.5 Å². The van der Waals surface area contributed by atoms with Crippen LogP contribution >= 0.6 is 0 Å². The van der Waals surface area contributed by atoms with E-state index in [1.807, 2.05) is 0 Å². The largest absolute Gasteiger partial charge is 0.390 e. The number of aliphatic hydroxyl groups is 1. The summed E-state index contributed by atoms with van der Waals surface area (Å²) in [7, 11) is 0. The minimum absolute atomic E-state index is 0.333. The zero-order chi connectivity index (χ0) is 12.5. The van der Waals surface area contributed by atoms with Gasteiger partial charge in [0.05, 0.1) is 5.60 Å². The predicted octanol–water partition coefficient (Wildman–Crippen LogP) is 4.53. The lowest BCUT2D eigenvalue weighted by Crippen LogP contribution is -2.46. The van der Waals surface area contributed by atoms with Gasteiger partial charge in [-0.25, -0.2) is 0 Å². The highest BCUT2D eigenvalue weighted by Gasteiger charge is 2.44. The predicted molar refractivity (Wildman–Crippen MR) is 72.9 cm³/mol. The van der Waals surface area contributed by atoms with Gasteiger partial charge in [0.2, 0.25) is 0 Å². The summed E-state index contributed by atoms with van der Waals surface area (Å²) in [5.74, 6) is 1.52. The van der Waals surface area contributed by atoms with Gasteiger partial charge >= 0.3 is 0 Å². The summed E-state index contributed by atoms with van der Waals surface area (Å²) in [6.45, 7) is 6.97. The summed E-state index contributed by atoms with van der Waals surface area (Å²) in [6.07, 6.45) is 11.2. The van der Waals surface area contributed by atoms with Crippen LogP contribution in [0.2, 0.25) is 0 Å². The van der Waals surface area contributed by atoms with Crippen LogP contribution in [-0.2, 0) is 0 Å². The van der Waals surface area contributed by atoms with Crippen molar-refractivity contribution in [1.29, 1.82) is 0 Å². The van der Waals surface area contributed by atoms with Crippen molar-refractivity contribution in [2.45, 2.75) is 84.2 Å². The fourth-order valence-electron chi connectivity index (χ4n) is 4.34. The number of hydrogen-bond donors (Lipinski definition) is 1. The van der Waals surface area contributed by atoms with Gasteiger partial charge in [0.15, 0.2) is 0 Å². The summed E-state index contributed by atoms with van der Waals surface area (Å²) in [5.41, 5.74) is 0.0229. The lowest BCUT2D eigenvalue weighted by atomic mass is 9.62. The Labute approximate surface area is 107 Å². The van der Waals surface area contributed by atoms with E-state index in [4.69, 9.17) is 0 Å². The fraction of sp³-hybridized carbons (Fsp3) is 1.00. The molecule has 0 spiro atoms. The topological polar surface area (TPSA) is 20.2 Å². The van der Waals surface area contributed by atoms with Gasteiger partial charge in [-0.15, -0.1) is 0 Å². The third kappa shape index (κ3) is 3.05. The Bertz CT molecular complexity index is 250. The third-order valence-electron chi connectivity index (χ3n) is 5.43. The second-order valence-electron chi connectivity index (χ2n) is 7.42. The molecule has 0 amide bonds. The van der Waals surface area contributed by atoms with E-state index < -0.39 is 0 Å². The van der Waals surface area contributed by atoms with E-state index in [1.165, 1.54) is 44.9 Å². The Morgan fingerprint density at radius 2 is 1.71 bits per heavy atom. The second-order valence-corrected chi connectivity index (χ2v) is 7.42. The Balaban J connectivity index is 1.97. The first-order valence-corrected chi connectivity index (χ1v) is 7.67. The minimum Gasteiger partial charge on any atom is -0.390 e. The van der Waals surface area contributed by atoms with Gasteiger partial charge in [0.1, 0.15) is 0 Å². The maximum Gasteiger partial charge on any atom is 0.0680 e. The molecule has 1 N–H and O–H groups in total. The molecule has 2 aliphatic carbocycles. The normalized spacial score (nSPS) is 42.4. The van der Waals surface area contributed by atoms with Crippen LogP contribution in [-0.4, -0.2) is 10.7 Å². The molecule has 0 aromatic carbocycles. The molecule has 0 aromatic rings. The third-order valence-corrected chi connectivity index (χ3v) is 5.43. The molecular formula is C16H30O. The lowest BCUT2D eigenvalue weighted by Gasteiger charge is -2.48. The highest BCUT2D eigenvalue weighted by molar-refractivity contribution is 4.96. The molecule has 0 aromatic heterocycles. The molecule has 2 fully saturated rings. The van der Waals surface area contributed by atoms with Crippen LogP contribution < -0.4 is 0 Å². The molecule has 17 heavy (non-hydrogen) atoms. The molecule has 0 aliphatic heterocycles. The molecule has 0 saturated heterocycles. The fourth-order valence-corrected chi connectivity index (χ4v) is 4.34. The highest BCUT2D eigenvalue weighted by Crippen LogP contribution is 2.48. The smallest absolute Gasteiger partial charge is 0.0680 e. The van der Waals surface area contributed by atoms with Crippen LogP contribution in [0.1, 0.15) is 78.6 Å². The Morgan fingerprint density at radius 1 is 1.06 bits per heavy atom. The molecule has 1 nitrogen and oxygen atoms in total. The molecule has 2 aliphatic rings.